The van der Waals surface area contributed by atoms with Gasteiger partial charge >= 0.3 is 0 Å². The molecule has 0 bridgehead atoms. The van der Waals surface area contributed by atoms with Crippen molar-refractivity contribution in [2.24, 2.45) is 5.10 Å². The Bertz CT molecular complexity index is 1300. The standard InChI is InChI=1S/C25H22ClN5O2S/c1-17-7-9-18(10-8-17)24-29-30-25(31(24)21-13-11-20(26)12-14-21)34-16-23(32)28-27-15-19-5-3-4-6-22(19)33-2/h3-15H,16H2,1-2H3,(H,28,32). The van der Waals surface area contributed by atoms with Crippen LogP contribution in [-0.4, -0.2) is 39.7 Å². The molecule has 0 aliphatic rings. The number of hydrogen-bond acceptors (Lipinski definition) is 6. The quantitative estimate of drug-likeness (QED) is 0.209. The van der Waals surface area contributed by atoms with Crippen molar-refractivity contribution >= 4 is 35.5 Å². The zero-order valence-electron chi connectivity index (χ0n) is 18.6. The summed E-state index contributed by atoms with van der Waals surface area (Å²) >= 11 is 7.35. The highest BCUT2D eigenvalue weighted by molar-refractivity contribution is 7.99. The monoisotopic (exact) mass is 491 g/mol. The number of thioether (sulfide) groups is 1. The molecule has 0 aliphatic heterocycles. The Hall–Kier alpha value is -3.62. The Kier molecular flexibility index (Phi) is 7.61. The predicted molar refractivity (Wildman–Crippen MR) is 136 cm³/mol. The fourth-order valence-electron chi connectivity index (χ4n) is 3.19. The number of nitrogens with zero attached hydrogens (tertiary/aromatic N) is 4. The lowest BCUT2D eigenvalue weighted by molar-refractivity contribution is -0.118. The van der Waals surface area contributed by atoms with Crippen molar-refractivity contribution in [1.29, 1.82) is 0 Å². The highest BCUT2D eigenvalue weighted by Gasteiger charge is 2.17. The van der Waals surface area contributed by atoms with Gasteiger partial charge in [0.25, 0.3) is 5.91 Å². The minimum atomic E-state index is -0.265. The van der Waals surface area contributed by atoms with Gasteiger partial charge in [0.05, 0.1) is 19.1 Å². The molecule has 0 atom stereocenters. The number of hydrazone groups is 1. The Morgan fingerprint density at radius 2 is 1.82 bits per heavy atom. The largest absolute Gasteiger partial charge is 0.496 e. The van der Waals surface area contributed by atoms with Crippen LogP contribution in [0.15, 0.2) is 83.1 Å². The molecule has 1 N–H and O–H groups in total. The Morgan fingerprint density at radius 1 is 1.09 bits per heavy atom. The van der Waals surface area contributed by atoms with Crippen LogP contribution in [0, 0.1) is 6.92 Å². The number of carbonyl (C=O) groups is 1. The van der Waals surface area contributed by atoms with Crippen LogP contribution >= 0.6 is 23.4 Å². The first-order valence-corrected chi connectivity index (χ1v) is 11.8. The van der Waals surface area contributed by atoms with Gasteiger partial charge < -0.3 is 4.74 Å². The van der Waals surface area contributed by atoms with Crippen molar-refractivity contribution < 1.29 is 9.53 Å². The van der Waals surface area contributed by atoms with Gasteiger partial charge in [-0.05, 0) is 43.3 Å². The van der Waals surface area contributed by atoms with Gasteiger partial charge in [-0.1, -0.05) is 65.3 Å². The van der Waals surface area contributed by atoms with Gasteiger partial charge in [-0.25, -0.2) is 5.43 Å². The number of benzene rings is 3. The number of ether oxygens (including phenoxy) is 1. The van der Waals surface area contributed by atoms with Gasteiger partial charge in [0.1, 0.15) is 5.75 Å². The zero-order valence-corrected chi connectivity index (χ0v) is 20.2. The van der Waals surface area contributed by atoms with E-state index in [4.69, 9.17) is 16.3 Å². The third-order valence-electron chi connectivity index (χ3n) is 4.89. The minimum absolute atomic E-state index is 0.114. The summed E-state index contributed by atoms with van der Waals surface area (Å²) in [6.07, 6.45) is 1.55. The summed E-state index contributed by atoms with van der Waals surface area (Å²) in [6, 6.07) is 22.9. The molecule has 0 radical (unpaired) electrons. The molecule has 4 rings (SSSR count). The third kappa shape index (κ3) is 5.65. The van der Waals surface area contributed by atoms with Crippen molar-refractivity contribution in [3.05, 3.63) is 88.9 Å². The molecular weight excluding hydrogens is 470 g/mol. The van der Waals surface area contributed by atoms with E-state index >= 15 is 0 Å². The number of nitrogens with one attached hydrogen (secondary N) is 1. The predicted octanol–water partition coefficient (Wildman–Crippen LogP) is 5.15. The van der Waals surface area contributed by atoms with E-state index in [1.165, 1.54) is 11.8 Å². The van der Waals surface area contributed by atoms with Crippen molar-refractivity contribution in [2.45, 2.75) is 12.1 Å². The summed E-state index contributed by atoms with van der Waals surface area (Å²) < 4.78 is 7.20. The SMILES string of the molecule is COc1ccccc1C=NNC(=O)CSc1nnc(-c2ccc(C)cc2)n1-c1ccc(Cl)cc1. The van der Waals surface area contributed by atoms with Crippen LogP contribution in [0.2, 0.25) is 5.02 Å². The van der Waals surface area contributed by atoms with Crippen molar-refractivity contribution in [3.63, 3.8) is 0 Å². The maximum atomic E-state index is 12.4. The highest BCUT2D eigenvalue weighted by atomic mass is 35.5. The number of hydrogen-bond donors (Lipinski definition) is 1. The summed E-state index contributed by atoms with van der Waals surface area (Å²) in [4.78, 5) is 12.4. The fraction of sp³-hybridized carbons (Fsp3) is 0.120. The molecule has 0 fully saturated rings. The van der Waals surface area contributed by atoms with Crippen LogP contribution in [-0.2, 0) is 4.79 Å². The maximum absolute atomic E-state index is 12.4. The summed E-state index contributed by atoms with van der Waals surface area (Å²) in [5, 5.41) is 14.0. The second-order valence-electron chi connectivity index (χ2n) is 7.31. The lowest BCUT2D eigenvalue weighted by atomic mass is 10.1. The molecule has 34 heavy (non-hydrogen) atoms. The topological polar surface area (TPSA) is 81.4 Å². The molecule has 172 valence electrons. The number of aryl methyl sites for hydroxylation is 1. The number of halogens is 1. The molecule has 0 unspecified atom stereocenters. The van der Waals surface area contributed by atoms with Crippen LogP contribution in [0.5, 0.6) is 5.75 Å². The van der Waals surface area contributed by atoms with Gasteiger partial charge in [-0.3, -0.25) is 9.36 Å². The van der Waals surface area contributed by atoms with E-state index in [1.807, 2.05) is 84.3 Å². The number of carbonyl (C=O) groups excluding carboxylic acids is 1. The van der Waals surface area contributed by atoms with E-state index in [9.17, 15) is 4.79 Å². The molecular formula is C25H22ClN5O2S. The van der Waals surface area contributed by atoms with E-state index in [0.717, 1.165) is 22.4 Å². The van der Waals surface area contributed by atoms with Crippen LogP contribution in [0.1, 0.15) is 11.1 Å². The first-order valence-electron chi connectivity index (χ1n) is 10.4. The lowest BCUT2D eigenvalue weighted by Crippen LogP contribution is -2.20. The third-order valence-corrected chi connectivity index (χ3v) is 6.07. The molecule has 9 heteroatoms. The maximum Gasteiger partial charge on any atom is 0.250 e. The molecule has 3 aromatic carbocycles. The van der Waals surface area contributed by atoms with Crippen molar-refractivity contribution in [2.75, 3.05) is 12.9 Å². The van der Waals surface area contributed by atoms with Crippen LogP contribution in [0.25, 0.3) is 17.1 Å². The molecule has 1 heterocycles. The van der Waals surface area contributed by atoms with E-state index in [2.05, 4.69) is 20.7 Å². The molecule has 4 aromatic rings. The molecule has 0 saturated carbocycles. The summed E-state index contributed by atoms with van der Waals surface area (Å²) in [7, 11) is 1.59. The fourth-order valence-corrected chi connectivity index (χ4v) is 4.06. The van der Waals surface area contributed by atoms with E-state index in [1.54, 1.807) is 13.3 Å². The summed E-state index contributed by atoms with van der Waals surface area (Å²) in [5.41, 5.74) is 6.24. The first kappa shape index (κ1) is 23.5. The zero-order chi connectivity index (χ0) is 23.9. The first-order chi connectivity index (χ1) is 16.5. The van der Waals surface area contributed by atoms with Gasteiger partial charge in [0, 0.05) is 21.8 Å². The number of amides is 1. The second-order valence-corrected chi connectivity index (χ2v) is 8.69. The highest BCUT2D eigenvalue weighted by Crippen LogP contribution is 2.28. The average molecular weight is 492 g/mol. The number of para-hydroxylation sites is 1. The molecule has 7 nitrogen and oxygen atoms in total. The Balaban J connectivity index is 1.51. The van der Waals surface area contributed by atoms with Crippen molar-refractivity contribution in [3.8, 4) is 22.8 Å². The van der Waals surface area contributed by atoms with Gasteiger partial charge in [-0.2, -0.15) is 5.10 Å². The molecule has 0 aliphatic carbocycles. The Labute approximate surface area is 206 Å². The number of rotatable bonds is 8. The normalized spacial score (nSPS) is 11.0. The average Bonchev–Trinajstić information content (AvgIpc) is 3.28. The van der Waals surface area contributed by atoms with Crippen LogP contribution in [0.4, 0.5) is 0 Å². The summed E-state index contributed by atoms with van der Waals surface area (Å²) in [6.45, 7) is 2.03. The smallest absolute Gasteiger partial charge is 0.250 e. The van der Waals surface area contributed by atoms with E-state index in [0.29, 0.717) is 21.8 Å². The van der Waals surface area contributed by atoms with Gasteiger partial charge in [0.15, 0.2) is 11.0 Å². The van der Waals surface area contributed by atoms with Gasteiger partial charge in [-0.15, -0.1) is 10.2 Å². The molecule has 0 spiro atoms. The lowest BCUT2D eigenvalue weighted by Gasteiger charge is -2.10. The van der Waals surface area contributed by atoms with Crippen LogP contribution in [0.3, 0.4) is 0 Å². The molecule has 1 aromatic heterocycles. The minimum Gasteiger partial charge on any atom is -0.496 e. The van der Waals surface area contributed by atoms with Crippen molar-refractivity contribution in [1.82, 2.24) is 20.2 Å². The number of aromatic nitrogens is 3. The van der Waals surface area contributed by atoms with E-state index < -0.39 is 0 Å². The summed E-state index contributed by atoms with van der Waals surface area (Å²) in [5.74, 6) is 1.20. The molecule has 1 amide bonds. The molecule has 0 saturated heterocycles. The Morgan fingerprint density at radius 3 is 2.56 bits per heavy atom. The van der Waals surface area contributed by atoms with Gasteiger partial charge in [0.2, 0.25) is 0 Å². The van der Waals surface area contributed by atoms with E-state index in [-0.39, 0.29) is 11.7 Å². The van der Waals surface area contributed by atoms with Crippen LogP contribution < -0.4 is 10.2 Å². The second kappa shape index (κ2) is 11.0. The number of methoxy groups -OCH3 is 1.